The fraction of sp³-hybridized carbons (Fsp3) is 0.0667. The molecule has 0 unspecified atom stereocenters. The standard InChI is InChI=1S/C15H13N3O2S/c1-20-10-3-4-12(16)11(7-10)15(19)18-9-2-5-13-14(6-9)21-8-17-13/h2-8H,16H2,1H3,(H,18,19). The van der Waals surface area contributed by atoms with Gasteiger partial charge in [-0.3, -0.25) is 4.79 Å². The van der Waals surface area contributed by atoms with E-state index in [0.29, 0.717) is 22.7 Å². The summed E-state index contributed by atoms with van der Waals surface area (Å²) >= 11 is 1.53. The second-order valence-electron chi connectivity index (χ2n) is 4.44. The molecule has 6 heteroatoms. The molecule has 3 rings (SSSR count). The first-order chi connectivity index (χ1) is 10.2. The molecule has 0 aliphatic heterocycles. The van der Waals surface area contributed by atoms with Gasteiger partial charge in [-0.25, -0.2) is 4.98 Å². The molecular weight excluding hydrogens is 286 g/mol. The largest absolute Gasteiger partial charge is 0.497 e. The second kappa shape index (κ2) is 5.41. The number of thiazole rings is 1. The van der Waals surface area contributed by atoms with Crippen molar-refractivity contribution in [3.8, 4) is 5.75 Å². The molecule has 1 aromatic heterocycles. The van der Waals surface area contributed by atoms with Crippen molar-refractivity contribution in [2.75, 3.05) is 18.2 Å². The molecule has 0 fully saturated rings. The fourth-order valence-electron chi connectivity index (χ4n) is 1.99. The summed E-state index contributed by atoms with van der Waals surface area (Å²) < 4.78 is 6.14. The zero-order chi connectivity index (χ0) is 14.8. The van der Waals surface area contributed by atoms with Gasteiger partial charge in [-0.15, -0.1) is 11.3 Å². The predicted molar refractivity (Wildman–Crippen MR) is 85.0 cm³/mol. The highest BCUT2D eigenvalue weighted by Gasteiger charge is 2.12. The number of fused-ring (bicyclic) bond motifs is 1. The average Bonchev–Trinajstić information content (AvgIpc) is 2.95. The van der Waals surface area contributed by atoms with Crippen molar-refractivity contribution in [2.24, 2.45) is 0 Å². The third-order valence-corrected chi connectivity index (χ3v) is 3.89. The Bertz CT molecular complexity index is 814. The van der Waals surface area contributed by atoms with Gasteiger partial charge in [0.1, 0.15) is 5.75 Å². The molecule has 0 radical (unpaired) electrons. The first-order valence-electron chi connectivity index (χ1n) is 6.25. The van der Waals surface area contributed by atoms with Crippen LogP contribution in [0.4, 0.5) is 11.4 Å². The molecule has 106 valence electrons. The summed E-state index contributed by atoms with van der Waals surface area (Å²) in [4.78, 5) is 16.5. The summed E-state index contributed by atoms with van der Waals surface area (Å²) in [5, 5.41) is 2.84. The minimum Gasteiger partial charge on any atom is -0.497 e. The predicted octanol–water partition coefficient (Wildman–Crippen LogP) is 3.14. The number of nitrogens with two attached hydrogens (primary N) is 1. The van der Waals surface area contributed by atoms with Crippen LogP contribution in [0.5, 0.6) is 5.75 Å². The minimum absolute atomic E-state index is 0.268. The molecule has 0 atom stereocenters. The summed E-state index contributed by atoms with van der Waals surface area (Å²) in [5.74, 6) is 0.322. The molecule has 0 saturated heterocycles. The number of methoxy groups -OCH3 is 1. The maximum Gasteiger partial charge on any atom is 0.257 e. The van der Waals surface area contributed by atoms with Crippen LogP contribution in [0.2, 0.25) is 0 Å². The van der Waals surface area contributed by atoms with Gasteiger partial charge in [-0.1, -0.05) is 0 Å². The molecule has 0 spiro atoms. The van der Waals surface area contributed by atoms with Crippen molar-refractivity contribution in [1.29, 1.82) is 0 Å². The Morgan fingerprint density at radius 2 is 2.14 bits per heavy atom. The number of carbonyl (C=O) groups is 1. The van der Waals surface area contributed by atoms with E-state index < -0.39 is 0 Å². The number of nitrogen functional groups attached to an aromatic ring is 1. The van der Waals surface area contributed by atoms with E-state index in [9.17, 15) is 4.79 Å². The van der Waals surface area contributed by atoms with Crippen LogP contribution in [0.1, 0.15) is 10.4 Å². The Hall–Kier alpha value is -2.60. The highest BCUT2D eigenvalue weighted by molar-refractivity contribution is 7.16. The number of ether oxygens (including phenoxy) is 1. The zero-order valence-electron chi connectivity index (χ0n) is 11.3. The number of nitrogens with one attached hydrogen (secondary N) is 1. The van der Waals surface area contributed by atoms with E-state index in [1.54, 1.807) is 30.8 Å². The smallest absolute Gasteiger partial charge is 0.257 e. The van der Waals surface area contributed by atoms with Crippen molar-refractivity contribution in [3.05, 3.63) is 47.5 Å². The quantitative estimate of drug-likeness (QED) is 0.728. The van der Waals surface area contributed by atoms with E-state index in [-0.39, 0.29) is 5.91 Å². The normalized spacial score (nSPS) is 10.5. The number of anilines is 2. The molecule has 0 saturated carbocycles. The fourth-order valence-corrected chi connectivity index (χ4v) is 2.71. The lowest BCUT2D eigenvalue weighted by Crippen LogP contribution is -2.14. The molecule has 3 N–H and O–H groups in total. The number of aromatic nitrogens is 1. The number of carbonyl (C=O) groups excluding carboxylic acids is 1. The van der Waals surface area contributed by atoms with Crippen molar-refractivity contribution in [1.82, 2.24) is 4.98 Å². The van der Waals surface area contributed by atoms with Crippen molar-refractivity contribution >= 4 is 38.8 Å². The number of nitrogens with zero attached hydrogens (tertiary/aromatic N) is 1. The highest BCUT2D eigenvalue weighted by atomic mass is 32.1. The van der Waals surface area contributed by atoms with E-state index in [2.05, 4.69) is 10.3 Å². The van der Waals surface area contributed by atoms with Crippen LogP contribution < -0.4 is 15.8 Å². The van der Waals surface area contributed by atoms with Crippen LogP contribution in [0, 0.1) is 0 Å². The van der Waals surface area contributed by atoms with Crippen molar-refractivity contribution in [2.45, 2.75) is 0 Å². The van der Waals surface area contributed by atoms with Crippen molar-refractivity contribution in [3.63, 3.8) is 0 Å². The topological polar surface area (TPSA) is 77.2 Å². The Balaban J connectivity index is 1.88. The van der Waals surface area contributed by atoms with Crippen LogP contribution in [0.15, 0.2) is 41.9 Å². The molecule has 5 nitrogen and oxygen atoms in total. The van der Waals surface area contributed by atoms with Gasteiger partial charge in [0.2, 0.25) is 0 Å². The summed E-state index contributed by atoms with van der Waals surface area (Å²) in [6.07, 6.45) is 0. The van der Waals surface area contributed by atoms with Crippen LogP contribution >= 0.6 is 11.3 Å². The van der Waals surface area contributed by atoms with Gasteiger partial charge >= 0.3 is 0 Å². The van der Waals surface area contributed by atoms with Crippen LogP contribution in [0.3, 0.4) is 0 Å². The van der Waals surface area contributed by atoms with Gasteiger partial charge < -0.3 is 15.8 Å². The SMILES string of the molecule is COc1ccc(N)c(C(=O)Nc2ccc3ncsc3c2)c1. The second-order valence-corrected chi connectivity index (χ2v) is 5.33. The van der Waals surface area contributed by atoms with Crippen LogP contribution in [0.25, 0.3) is 10.2 Å². The molecule has 1 amide bonds. The molecule has 3 aromatic rings. The van der Waals surface area contributed by atoms with Gasteiger partial charge in [-0.05, 0) is 36.4 Å². The summed E-state index contributed by atoms with van der Waals surface area (Å²) in [5.41, 5.74) is 10.0. The molecular formula is C15H13N3O2S. The van der Waals surface area contributed by atoms with E-state index in [4.69, 9.17) is 10.5 Å². The number of hydrogen-bond acceptors (Lipinski definition) is 5. The molecule has 21 heavy (non-hydrogen) atoms. The number of benzene rings is 2. The summed E-state index contributed by atoms with van der Waals surface area (Å²) in [6, 6.07) is 10.6. The van der Waals surface area contributed by atoms with Gasteiger partial charge in [0.15, 0.2) is 0 Å². The Morgan fingerprint density at radius 1 is 1.29 bits per heavy atom. The number of rotatable bonds is 3. The third-order valence-electron chi connectivity index (χ3n) is 3.09. The lowest BCUT2D eigenvalue weighted by molar-refractivity contribution is 0.102. The maximum atomic E-state index is 12.3. The lowest BCUT2D eigenvalue weighted by atomic mass is 10.1. The first-order valence-corrected chi connectivity index (χ1v) is 7.13. The Kier molecular flexibility index (Phi) is 3.45. The molecule has 0 aliphatic carbocycles. The Labute approximate surface area is 125 Å². The van der Waals surface area contributed by atoms with E-state index in [0.717, 1.165) is 10.2 Å². The van der Waals surface area contributed by atoms with Crippen molar-refractivity contribution < 1.29 is 9.53 Å². The average molecular weight is 299 g/mol. The van der Waals surface area contributed by atoms with Gasteiger partial charge in [0.25, 0.3) is 5.91 Å². The summed E-state index contributed by atoms with van der Waals surface area (Å²) in [7, 11) is 1.55. The maximum absolute atomic E-state index is 12.3. The number of amides is 1. The highest BCUT2D eigenvalue weighted by Crippen LogP contribution is 2.24. The van der Waals surface area contributed by atoms with Crippen LogP contribution in [-0.2, 0) is 0 Å². The van der Waals surface area contributed by atoms with Gasteiger partial charge in [0.05, 0.1) is 28.4 Å². The minimum atomic E-state index is -0.268. The molecule has 2 aromatic carbocycles. The number of hydrogen-bond donors (Lipinski definition) is 2. The summed E-state index contributed by atoms with van der Waals surface area (Å²) in [6.45, 7) is 0. The molecule has 1 heterocycles. The van der Waals surface area contributed by atoms with Gasteiger partial charge in [0, 0.05) is 11.4 Å². The monoisotopic (exact) mass is 299 g/mol. The first kappa shape index (κ1) is 13.4. The zero-order valence-corrected chi connectivity index (χ0v) is 12.1. The third kappa shape index (κ3) is 2.66. The molecule has 0 bridgehead atoms. The van der Waals surface area contributed by atoms with E-state index >= 15 is 0 Å². The van der Waals surface area contributed by atoms with Gasteiger partial charge in [-0.2, -0.15) is 0 Å². The Morgan fingerprint density at radius 3 is 2.95 bits per heavy atom. The van der Waals surface area contributed by atoms with E-state index in [1.807, 2.05) is 18.2 Å². The lowest BCUT2D eigenvalue weighted by Gasteiger charge is -2.09. The molecule has 0 aliphatic rings. The van der Waals surface area contributed by atoms with E-state index in [1.165, 1.54) is 11.3 Å². The van der Waals surface area contributed by atoms with Crippen LogP contribution in [-0.4, -0.2) is 18.0 Å².